The van der Waals surface area contributed by atoms with Crippen LogP contribution in [-0.2, 0) is 23.0 Å². The molecule has 0 saturated carbocycles. The van der Waals surface area contributed by atoms with E-state index in [-0.39, 0.29) is 0 Å². The van der Waals surface area contributed by atoms with E-state index in [1.807, 2.05) is 38.1 Å². The highest BCUT2D eigenvalue weighted by Crippen LogP contribution is 2.34. The summed E-state index contributed by atoms with van der Waals surface area (Å²) in [4.78, 5) is 3.78. The summed E-state index contributed by atoms with van der Waals surface area (Å²) in [5.74, 6) is 0.778. The molecule has 0 spiro atoms. The summed E-state index contributed by atoms with van der Waals surface area (Å²) >= 11 is 0. The summed E-state index contributed by atoms with van der Waals surface area (Å²) in [6.45, 7) is 4.77. The van der Waals surface area contributed by atoms with Crippen LogP contribution in [0.5, 0.6) is 5.75 Å². The molecule has 0 radical (unpaired) electrons. The van der Waals surface area contributed by atoms with Gasteiger partial charge >= 0.3 is 0 Å². The van der Waals surface area contributed by atoms with Gasteiger partial charge in [0.15, 0.2) is 0 Å². The Balaban J connectivity index is 1.75. The van der Waals surface area contributed by atoms with Gasteiger partial charge in [-0.3, -0.25) is 0 Å². The standard InChI is InChI=1S/C20H22N2O3S/c1-13-7-8-15(11-14(13)2)26(23,24)22-10-9-18-17(12-22)16-5-4-6-19(25-3)20(16)21-18/h4-8,11,21H,9-10,12H2,1-3H3. The van der Waals surface area contributed by atoms with Crippen molar-refractivity contribution in [3.8, 4) is 5.75 Å². The van der Waals surface area contributed by atoms with Gasteiger partial charge in [0, 0.05) is 30.6 Å². The van der Waals surface area contributed by atoms with Crippen LogP contribution in [-0.4, -0.2) is 31.4 Å². The quantitative estimate of drug-likeness (QED) is 0.767. The molecular formula is C20H22N2O3S. The summed E-state index contributed by atoms with van der Waals surface area (Å²) in [7, 11) is -1.87. The Morgan fingerprint density at radius 2 is 1.92 bits per heavy atom. The lowest BCUT2D eigenvalue weighted by Crippen LogP contribution is -2.35. The molecule has 0 atom stereocenters. The molecule has 0 amide bonds. The van der Waals surface area contributed by atoms with Crippen LogP contribution in [0.3, 0.4) is 0 Å². The fourth-order valence-corrected chi connectivity index (χ4v) is 5.08. The number of sulfonamides is 1. The molecule has 136 valence electrons. The molecule has 0 bridgehead atoms. The molecule has 6 heteroatoms. The fourth-order valence-electron chi connectivity index (χ4n) is 3.59. The van der Waals surface area contributed by atoms with E-state index in [9.17, 15) is 8.42 Å². The molecule has 3 aromatic rings. The average molecular weight is 370 g/mol. The number of aromatic nitrogens is 1. The molecule has 1 aliphatic rings. The number of rotatable bonds is 3. The summed E-state index contributed by atoms with van der Waals surface area (Å²) in [6, 6.07) is 11.2. The number of benzene rings is 2. The highest BCUT2D eigenvalue weighted by molar-refractivity contribution is 7.89. The Morgan fingerprint density at radius 3 is 2.65 bits per heavy atom. The molecule has 0 aliphatic carbocycles. The molecule has 1 aromatic heterocycles. The number of nitrogens with zero attached hydrogens (tertiary/aromatic N) is 1. The highest BCUT2D eigenvalue weighted by atomic mass is 32.2. The van der Waals surface area contributed by atoms with E-state index in [0.717, 1.165) is 39.0 Å². The van der Waals surface area contributed by atoms with Crippen molar-refractivity contribution in [2.24, 2.45) is 0 Å². The van der Waals surface area contributed by atoms with Crippen LogP contribution < -0.4 is 4.74 Å². The molecule has 2 heterocycles. The minimum Gasteiger partial charge on any atom is -0.495 e. The van der Waals surface area contributed by atoms with E-state index in [4.69, 9.17) is 4.74 Å². The van der Waals surface area contributed by atoms with Gasteiger partial charge in [-0.2, -0.15) is 4.31 Å². The maximum Gasteiger partial charge on any atom is 0.243 e. The SMILES string of the molecule is COc1cccc2c3c([nH]c12)CCN(S(=O)(=O)c1ccc(C)c(C)c1)C3. The summed E-state index contributed by atoms with van der Waals surface area (Å²) in [5.41, 5.74) is 5.15. The minimum atomic E-state index is -3.52. The Labute approximate surface area is 153 Å². The molecule has 4 rings (SSSR count). The predicted molar refractivity (Wildman–Crippen MR) is 102 cm³/mol. The number of ether oxygens (including phenoxy) is 1. The van der Waals surface area contributed by atoms with Crippen molar-refractivity contribution in [1.82, 2.24) is 9.29 Å². The number of aromatic amines is 1. The first-order valence-corrected chi connectivity index (χ1v) is 10.1. The molecule has 5 nitrogen and oxygen atoms in total. The van der Waals surface area contributed by atoms with E-state index in [1.165, 1.54) is 0 Å². The van der Waals surface area contributed by atoms with Crippen LogP contribution in [0, 0.1) is 13.8 Å². The Morgan fingerprint density at radius 1 is 1.12 bits per heavy atom. The van der Waals surface area contributed by atoms with Gasteiger partial charge in [0.05, 0.1) is 17.5 Å². The largest absolute Gasteiger partial charge is 0.495 e. The Kier molecular flexibility index (Phi) is 4.04. The van der Waals surface area contributed by atoms with Gasteiger partial charge in [-0.1, -0.05) is 18.2 Å². The zero-order valence-corrected chi connectivity index (χ0v) is 16.0. The Bertz CT molecular complexity index is 1100. The third-order valence-electron chi connectivity index (χ3n) is 5.27. The van der Waals surface area contributed by atoms with E-state index in [2.05, 4.69) is 4.98 Å². The van der Waals surface area contributed by atoms with Crippen LogP contribution in [0.15, 0.2) is 41.3 Å². The van der Waals surface area contributed by atoms with Crippen molar-refractivity contribution >= 4 is 20.9 Å². The third kappa shape index (κ3) is 2.61. The topological polar surface area (TPSA) is 62.4 Å². The third-order valence-corrected chi connectivity index (χ3v) is 7.11. The predicted octanol–water partition coefficient (Wildman–Crippen LogP) is 3.54. The van der Waals surface area contributed by atoms with Gasteiger partial charge in [-0.15, -0.1) is 0 Å². The van der Waals surface area contributed by atoms with Crippen LogP contribution in [0.1, 0.15) is 22.4 Å². The molecule has 0 saturated heterocycles. The summed E-state index contributed by atoms with van der Waals surface area (Å²) < 4.78 is 33.3. The second-order valence-corrected chi connectivity index (χ2v) is 8.74. The summed E-state index contributed by atoms with van der Waals surface area (Å²) in [5, 5.41) is 1.03. The van der Waals surface area contributed by atoms with Crippen molar-refractivity contribution in [3.05, 3.63) is 58.8 Å². The number of para-hydroxylation sites is 1. The smallest absolute Gasteiger partial charge is 0.243 e. The zero-order valence-electron chi connectivity index (χ0n) is 15.2. The van der Waals surface area contributed by atoms with Crippen LogP contribution in [0.2, 0.25) is 0 Å². The average Bonchev–Trinajstić information content (AvgIpc) is 3.01. The normalized spacial score (nSPS) is 15.2. The second-order valence-electron chi connectivity index (χ2n) is 6.80. The molecule has 0 unspecified atom stereocenters. The van der Waals surface area contributed by atoms with Crippen LogP contribution in [0.4, 0.5) is 0 Å². The number of hydrogen-bond donors (Lipinski definition) is 1. The Hall–Kier alpha value is -2.31. The second kappa shape index (κ2) is 6.14. The van der Waals surface area contributed by atoms with Crippen molar-refractivity contribution in [3.63, 3.8) is 0 Å². The van der Waals surface area contributed by atoms with Crippen molar-refractivity contribution in [2.45, 2.75) is 31.7 Å². The molecule has 26 heavy (non-hydrogen) atoms. The van der Waals surface area contributed by atoms with Crippen molar-refractivity contribution in [2.75, 3.05) is 13.7 Å². The first-order chi connectivity index (χ1) is 12.4. The van der Waals surface area contributed by atoms with Crippen molar-refractivity contribution in [1.29, 1.82) is 0 Å². The molecule has 1 N–H and O–H groups in total. The first-order valence-electron chi connectivity index (χ1n) is 8.65. The highest BCUT2D eigenvalue weighted by Gasteiger charge is 2.30. The van der Waals surface area contributed by atoms with E-state index >= 15 is 0 Å². The maximum absolute atomic E-state index is 13.1. The monoisotopic (exact) mass is 370 g/mol. The minimum absolute atomic E-state index is 0.362. The van der Waals surface area contributed by atoms with E-state index < -0.39 is 10.0 Å². The molecule has 0 fully saturated rings. The number of fused-ring (bicyclic) bond motifs is 3. The molecule has 1 aliphatic heterocycles. The van der Waals surface area contributed by atoms with Crippen LogP contribution >= 0.6 is 0 Å². The van der Waals surface area contributed by atoms with Crippen LogP contribution in [0.25, 0.3) is 10.9 Å². The zero-order chi connectivity index (χ0) is 18.5. The lowest BCUT2D eigenvalue weighted by atomic mass is 10.1. The lowest BCUT2D eigenvalue weighted by Gasteiger charge is -2.26. The van der Waals surface area contributed by atoms with Gasteiger partial charge in [-0.25, -0.2) is 8.42 Å². The lowest BCUT2D eigenvalue weighted by molar-refractivity contribution is 0.391. The number of aryl methyl sites for hydroxylation is 2. The van der Waals surface area contributed by atoms with Gasteiger partial charge in [-0.05, 0) is 48.7 Å². The number of H-pyrrole nitrogens is 1. The first kappa shape index (κ1) is 17.1. The van der Waals surface area contributed by atoms with E-state index in [0.29, 0.717) is 24.4 Å². The van der Waals surface area contributed by atoms with Gasteiger partial charge in [0.25, 0.3) is 0 Å². The number of methoxy groups -OCH3 is 1. The molecular weight excluding hydrogens is 348 g/mol. The maximum atomic E-state index is 13.1. The van der Waals surface area contributed by atoms with E-state index in [1.54, 1.807) is 23.5 Å². The van der Waals surface area contributed by atoms with Gasteiger partial charge in [0.2, 0.25) is 10.0 Å². The van der Waals surface area contributed by atoms with Crippen molar-refractivity contribution < 1.29 is 13.2 Å². The number of hydrogen-bond acceptors (Lipinski definition) is 3. The summed E-state index contributed by atoms with van der Waals surface area (Å²) in [6.07, 6.45) is 0.664. The van der Waals surface area contributed by atoms with Gasteiger partial charge < -0.3 is 9.72 Å². The van der Waals surface area contributed by atoms with Gasteiger partial charge in [0.1, 0.15) is 5.75 Å². The number of nitrogens with one attached hydrogen (secondary N) is 1. The fraction of sp³-hybridized carbons (Fsp3) is 0.300. The molecule has 2 aromatic carbocycles.